The number of hydrogen-bond acceptors (Lipinski definition) is 1. The van der Waals surface area contributed by atoms with E-state index in [2.05, 4.69) is 20.1 Å². The highest BCUT2D eigenvalue weighted by molar-refractivity contribution is 5.22. The maximum atomic E-state index is 10.1. The molecule has 94 valence electrons. The molecular formula is C15H28O. The Morgan fingerprint density at radius 1 is 1.12 bits per heavy atom. The first kappa shape index (κ1) is 15.4. The molecule has 1 nitrogen and oxygen atoms in total. The molecule has 0 bridgehead atoms. The lowest BCUT2D eigenvalue weighted by atomic mass is 9.90. The minimum absolute atomic E-state index is 0.735. The Morgan fingerprint density at radius 3 is 2.12 bits per heavy atom. The van der Waals surface area contributed by atoms with Crippen molar-refractivity contribution in [3.8, 4) is 0 Å². The van der Waals surface area contributed by atoms with Gasteiger partial charge in [0.25, 0.3) is 0 Å². The van der Waals surface area contributed by atoms with Crippen LogP contribution in [0.25, 0.3) is 0 Å². The van der Waals surface area contributed by atoms with Crippen LogP contribution in [0.3, 0.4) is 0 Å². The quantitative estimate of drug-likeness (QED) is 0.424. The lowest BCUT2D eigenvalue weighted by Crippen LogP contribution is -2.25. The van der Waals surface area contributed by atoms with Crippen molar-refractivity contribution < 1.29 is 5.11 Å². The second kappa shape index (κ2) is 8.58. The molecule has 0 aliphatic rings. The Bertz CT molecular complexity index is 203. The molecule has 0 radical (unpaired) electrons. The third kappa shape index (κ3) is 6.84. The summed E-state index contributed by atoms with van der Waals surface area (Å²) >= 11 is 0. The lowest BCUT2D eigenvalue weighted by Gasteiger charge is -2.23. The standard InChI is InChI=1S/C15H28O/c1-5-7-8-9-10-11-12-13-15(4,16)14(3)6-2/h6,16H,2-3,5,7-13H2,1,4H3. The Kier molecular flexibility index (Phi) is 8.28. The summed E-state index contributed by atoms with van der Waals surface area (Å²) in [6, 6.07) is 0. The second-order valence-electron chi connectivity index (χ2n) is 4.87. The Morgan fingerprint density at radius 2 is 1.62 bits per heavy atom. The van der Waals surface area contributed by atoms with Gasteiger partial charge in [0.2, 0.25) is 0 Å². The fourth-order valence-electron chi connectivity index (χ4n) is 1.81. The smallest absolute Gasteiger partial charge is 0.0862 e. The number of rotatable bonds is 10. The molecule has 0 rings (SSSR count). The molecule has 1 atom stereocenters. The van der Waals surface area contributed by atoms with Gasteiger partial charge in [-0.2, -0.15) is 0 Å². The van der Waals surface area contributed by atoms with Crippen LogP contribution in [-0.4, -0.2) is 10.7 Å². The van der Waals surface area contributed by atoms with E-state index >= 15 is 0 Å². The Hall–Kier alpha value is -0.560. The zero-order valence-corrected chi connectivity index (χ0v) is 11.1. The molecular weight excluding hydrogens is 196 g/mol. The Balaban J connectivity index is 3.50. The van der Waals surface area contributed by atoms with Crippen LogP contribution in [0.4, 0.5) is 0 Å². The Labute approximate surface area is 101 Å². The summed E-state index contributed by atoms with van der Waals surface area (Å²) in [4.78, 5) is 0. The highest BCUT2D eigenvalue weighted by Crippen LogP contribution is 2.23. The molecule has 0 saturated carbocycles. The summed E-state index contributed by atoms with van der Waals surface area (Å²) in [6.45, 7) is 11.5. The van der Waals surface area contributed by atoms with Crippen LogP contribution >= 0.6 is 0 Å². The predicted octanol–water partition coefficient (Wildman–Crippen LogP) is 4.62. The van der Waals surface area contributed by atoms with Crippen LogP contribution in [0.2, 0.25) is 0 Å². The van der Waals surface area contributed by atoms with E-state index in [-0.39, 0.29) is 0 Å². The maximum Gasteiger partial charge on any atom is 0.0862 e. The van der Waals surface area contributed by atoms with Crippen molar-refractivity contribution in [3.05, 3.63) is 24.8 Å². The van der Waals surface area contributed by atoms with Crippen molar-refractivity contribution in [1.29, 1.82) is 0 Å². The molecule has 1 N–H and O–H groups in total. The van der Waals surface area contributed by atoms with Crippen LogP contribution in [0, 0.1) is 0 Å². The zero-order chi connectivity index (χ0) is 12.4. The van der Waals surface area contributed by atoms with Gasteiger partial charge in [0.15, 0.2) is 0 Å². The number of aliphatic hydroxyl groups is 1. The van der Waals surface area contributed by atoms with Crippen molar-refractivity contribution in [1.82, 2.24) is 0 Å². The molecule has 1 unspecified atom stereocenters. The molecule has 0 aliphatic carbocycles. The molecule has 16 heavy (non-hydrogen) atoms. The molecule has 0 aromatic heterocycles. The van der Waals surface area contributed by atoms with Crippen molar-refractivity contribution in [2.75, 3.05) is 0 Å². The third-order valence-electron chi connectivity index (χ3n) is 3.21. The van der Waals surface area contributed by atoms with E-state index in [9.17, 15) is 5.11 Å². The van der Waals surface area contributed by atoms with E-state index in [1.807, 2.05) is 6.92 Å². The topological polar surface area (TPSA) is 20.2 Å². The van der Waals surface area contributed by atoms with Gasteiger partial charge in [0.1, 0.15) is 0 Å². The molecule has 0 aromatic rings. The van der Waals surface area contributed by atoms with Crippen LogP contribution in [0.5, 0.6) is 0 Å². The highest BCUT2D eigenvalue weighted by Gasteiger charge is 2.21. The van der Waals surface area contributed by atoms with Gasteiger partial charge in [-0.15, -0.1) is 0 Å². The molecule has 0 saturated heterocycles. The van der Waals surface area contributed by atoms with E-state index in [0.29, 0.717) is 0 Å². The van der Waals surface area contributed by atoms with Gasteiger partial charge in [-0.25, -0.2) is 0 Å². The average Bonchev–Trinajstić information content (AvgIpc) is 2.26. The fourth-order valence-corrected chi connectivity index (χ4v) is 1.81. The molecule has 0 aromatic carbocycles. The minimum atomic E-state index is -0.759. The molecule has 0 fully saturated rings. The molecule has 0 spiro atoms. The van der Waals surface area contributed by atoms with E-state index < -0.39 is 5.60 Å². The van der Waals surface area contributed by atoms with Crippen LogP contribution in [0.15, 0.2) is 24.8 Å². The average molecular weight is 224 g/mol. The van der Waals surface area contributed by atoms with Gasteiger partial charge in [-0.3, -0.25) is 0 Å². The number of hydrogen-bond donors (Lipinski definition) is 1. The van der Waals surface area contributed by atoms with E-state index in [1.165, 1.54) is 38.5 Å². The van der Waals surface area contributed by atoms with E-state index in [4.69, 9.17) is 0 Å². The molecule has 0 amide bonds. The van der Waals surface area contributed by atoms with Gasteiger partial charge in [0.05, 0.1) is 5.60 Å². The van der Waals surface area contributed by atoms with Crippen LogP contribution in [-0.2, 0) is 0 Å². The van der Waals surface area contributed by atoms with Gasteiger partial charge in [-0.1, -0.05) is 71.1 Å². The van der Waals surface area contributed by atoms with Crippen molar-refractivity contribution >= 4 is 0 Å². The summed E-state index contributed by atoms with van der Waals surface area (Å²) in [7, 11) is 0. The lowest BCUT2D eigenvalue weighted by molar-refractivity contribution is 0.0899. The summed E-state index contributed by atoms with van der Waals surface area (Å²) in [5.41, 5.74) is -0.0241. The van der Waals surface area contributed by atoms with Crippen molar-refractivity contribution in [2.45, 2.75) is 70.8 Å². The predicted molar refractivity (Wildman–Crippen MR) is 72.6 cm³/mol. The monoisotopic (exact) mass is 224 g/mol. The zero-order valence-electron chi connectivity index (χ0n) is 11.1. The summed E-state index contributed by atoms with van der Waals surface area (Å²) in [6.07, 6.45) is 11.4. The van der Waals surface area contributed by atoms with Gasteiger partial charge in [0, 0.05) is 0 Å². The maximum absolute atomic E-state index is 10.1. The first-order chi connectivity index (χ1) is 7.54. The van der Waals surface area contributed by atoms with Crippen LogP contribution < -0.4 is 0 Å². The van der Waals surface area contributed by atoms with Crippen molar-refractivity contribution in [3.63, 3.8) is 0 Å². The summed E-state index contributed by atoms with van der Waals surface area (Å²) in [5.74, 6) is 0. The largest absolute Gasteiger partial charge is 0.385 e. The summed E-state index contributed by atoms with van der Waals surface area (Å²) < 4.78 is 0. The highest BCUT2D eigenvalue weighted by atomic mass is 16.3. The van der Waals surface area contributed by atoms with E-state index in [1.54, 1.807) is 6.08 Å². The number of unbranched alkanes of at least 4 members (excludes halogenated alkanes) is 6. The van der Waals surface area contributed by atoms with Crippen molar-refractivity contribution in [2.24, 2.45) is 0 Å². The molecule has 0 heterocycles. The van der Waals surface area contributed by atoms with E-state index in [0.717, 1.165) is 18.4 Å². The SMILES string of the molecule is C=CC(=C)C(C)(O)CCCCCCCCC. The molecule has 1 heteroatoms. The fraction of sp³-hybridized carbons (Fsp3) is 0.733. The third-order valence-corrected chi connectivity index (χ3v) is 3.21. The molecule has 0 aliphatic heterocycles. The summed E-state index contributed by atoms with van der Waals surface area (Å²) in [5, 5.41) is 10.1. The normalized spacial score (nSPS) is 14.4. The van der Waals surface area contributed by atoms with Gasteiger partial charge in [-0.05, 0) is 18.9 Å². The minimum Gasteiger partial charge on any atom is -0.385 e. The van der Waals surface area contributed by atoms with Crippen LogP contribution in [0.1, 0.15) is 65.2 Å². The second-order valence-corrected chi connectivity index (χ2v) is 4.87. The first-order valence-electron chi connectivity index (χ1n) is 6.58. The van der Waals surface area contributed by atoms with Gasteiger partial charge >= 0.3 is 0 Å². The van der Waals surface area contributed by atoms with Gasteiger partial charge < -0.3 is 5.11 Å². The first-order valence-corrected chi connectivity index (χ1v) is 6.58.